The van der Waals surface area contributed by atoms with Gasteiger partial charge in [0, 0.05) is 18.6 Å². The summed E-state index contributed by atoms with van der Waals surface area (Å²) in [6, 6.07) is 8.36. The SMILES string of the molecule is CCCCCCOc1cccc2c1ccn2C. The van der Waals surface area contributed by atoms with E-state index in [1.54, 1.807) is 0 Å². The van der Waals surface area contributed by atoms with Gasteiger partial charge in [0.05, 0.1) is 12.1 Å². The number of unbranched alkanes of at least 4 members (excludes halogenated alkanes) is 3. The van der Waals surface area contributed by atoms with E-state index in [2.05, 4.69) is 49.0 Å². The van der Waals surface area contributed by atoms with E-state index in [-0.39, 0.29) is 0 Å². The van der Waals surface area contributed by atoms with Crippen molar-refractivity contribution >= 4 is 10.9 Å². The van der Waals surface area contributed by atoms with Crippen molar-refractivity contribution in [3.63, 3.8) is 0 Å². The number of fused-ring (bicyclic) bond motifs is 1. The van der Waals surface area contributed by atoms with Gasteiger partial charge in [-0.2, -0.15) is 0 Å². The number of hydrogen-bond donors (Lipinski definition) is 0. The Labute approximate surface area is 103 Å². The standard InChI is InChI=1S/C15H21NO/c1-3-4-5-6-12-17-15-9-7-8-14-13(15)10-11-16(14)2/h7-11H,3-6,12H2,1-2H3. The lowest BCUT2D eigenvalue weighted by atomic mass is 10.2. The zero-order chi connectivity index (χ0) is 12.1. The third-order valence-corrected chi connectivity index (χ3v) is 3.14. The van der Waals surface area contributed by atoms with Crippen molar-refractivity contribution in [3.05, 3.63) is 30.5 Å². The van der Waals surface area contributed by atoms with Crippen LogP contribution in [0.4, 0.5) is 0 Å². The van der Waals surface area contributed by atoms with E-state index >= 15 is 0 Å². The molecule has 0 aliphatic rings. The minimum Gasteiger partial charge on any atom is -0.493 e. The molecule has 2 aromatic rings. The van der Waals surface area contributed by atoms with Gasteiger partial charge in [-0.05, 0) is 24.6 Å². The maximum absolute atomic E-state index is 5.87. The minimum atomic E-state index is 0.827. The molecule has 1 aromatic carbocycles. The molecule has 0 bridgehead atoms. The smallest absolute Gasteiger partial charge is 0.128 e. The molecule has 0 fully saturated rings. The topological polar surface area (TPSA) is 14.2 Å². The number of aryl methyl sites for hydroxylation is 1. The molecule has 17 heavy (non-hydrogen) atoms. The summed E-state index contributed by atoms with van der Waals surface area (Å²) in [7, 11) is 2.06. The summed E-state index contributed by atoms with van der Waals surface area (Å²) in [6.07, 6.45) is 7.07. The zero-order valence-electron chi connectivity index (χ0n) is 10.8. The molecule has 2 heteroatoms. The summed E-state index contributed by atoms with van der Waals surface area (Å²) < 4.78 is 7.99. The predicted octanol–water partition coefficient (Wildman–Crippen LogP) is 4.14. The Morgan fingerprint density at radius 2 is 2.00 bits per heavy atom. The number of benzene rings is 1. The van der Waals surface area contributed by atoms with E-state index in [1.165, 1.54) is 30.2 Å². The van der Waals surface area contributed by atoms with E-state index in [4.69, 9.17) is 4.74 Å². The van der Waals surface area contributed by atoms with Crippen molar-refractivity contribution in [2.45, 2.75) is 32.6 Å². The van der Waals surface area contributed by atoms with Crippen LogP contribution in [0.25, 0.3) is 10.9 Å². The number of nitrogens with zero attached hydrogens (tertiary/aromatic N) is 1. The molecule has 1 heterocycles. The molecule has 0 atom stereocenters. The molecule has 2 nitrogen and oxygen atoms in total. The second-order valence-corrected chi connectivity index (χ2v) is 4.52. The summed E-state index contributed by atoms with van der Waals surface area (Å²) in [5.74, 6) is 1.01. The van der Waals surface area contributed by atoms with Gasteiger partial charge in [0.1, 0.15) is 5.75 Å². The largest absolute Gasteiger partial charge is 0.493 e. The highest BCUT2D eigenvalue weighted by Gasteiger charge is 2.03. The van der Waals surface area contributed by atoms with Crippen LogP contribution in [-0.4, -0.2) is 11.2 Å². The van der Waals surface area contributed by atoms with Crippen molar-refractivity contribution in [2.75, 3.05) is 6.61 Å². The average Bonchev–Trinajstić information content (AvgIpc) is 2.72. The Bertz CT molecular complexity index is 473. The molecule has 1 aromatic heterocycles. The molecule has 0 spiro atoms. The maximum atomic E-state index is 5.87. The maximum Gasteiger partial charge on any atom is 0.128 e. The van der Waals surface area contributed by atoms with Crippen LogP contribution in [0.15, 0.2) is 30.5 Å². The van der Waals surface area contributed by atoms with Crippen LogP contribution >= 0.6 is 0 Å². The molecular formula is C15H21NO. The Hall–Kier alpha value is -1.44. The highest BCUT2D eigenvalue weighted by molar-refractivity contribution is 5.86. The molecule has 0 unspecified atom stereocenters. The van der Waals surface area contributed by atoms with Crippen LogP contribution in [0.5, 0.6) is 5.75 Å². The Morgan fingerprint density at radius 3 is 2.82 bits per heavy atom. The van der Waals surface area contributed by atoms with E-state index in [0.717, 1.165) is 18.8 Å². The number of hydrogen-bond acceptors (Lipinski definition) is 1. The molecule has 0 radical (unpaired) electrons. The number of aromatic nitrogens is 1. The number of ether oxygens (including phenoxy) is 1. The van der Waals surface area contributed by atoms with Crippen molar-refractivity contribution in [1.82, 2.24) is 4.57 Å². The van der Waals surface area contributed by atoms with Crippen molar-refractivity contribution in [3.8, 4) is 5.75 Å². The molecule has 0 amide bonds. The second kappa shape index (κ2) is 5.76. The summed E-state index contributed by atoms with van der Waals surface area (Å²) in [5, 5.41) is 1.21. The Morgan fingerprint density at radius 1 is 1.12 bits per heavy atom. The van der Waals surface area contributed by atoms with Gasteiger partial charge in [-0.15, -0.1) is 0 Å². The first-order chi connectivity index (χ1) is 8.33. The Balaban J connectivity index is 1.99. The second-order valence-electron chi connectivity index (χ2n) is 4.52. The van der Waals surface area contributed by atoms with Gasteiger partial charge in [0.2, 0.25) is 0 Å². The first kappa shape index (κ1) is 12.0. The highest BCUT2D eigenvalue weighted by atomic mass is 16.5. The van der Waals surface area contributed by atoms with Gasteiger partial charge >= 0.3 is 0 Å². The number of rotatable bonds is 6. The molecule has 92 valence electrons. The fraction of sp³-hybridized carbons (Fsp3) is 0.467. The van der Waals surface area contributed by atoms with E-state index < -0.39 is 0 Å². The monoisotopic (exact) mass is 231 g/mol. The van der Waals surface area contributed by atoms with Crippen LogP contribution in [0, 0.1) is 0 Å². The first-order valence-corrected chi connectivity index (χ1v) is 6.49. The van der Waals surface area contributed by atoms with Gasteiger partial charge in [-0.1, -0.05) is 32.3 Å². The molecule has 2 rings (SSSR count). The molecule has 0 N–H and O–H groups in total. The lowest BCUT2D eigenvalue weighted by Crippen LogP contribution is -1.97. The fourth-order valence-electron chi connectivity index (χ4n) is 2.11. The summed E-state index contributed by atoms with van der Waals surface area (Å²) in [4.78, 5) is 0. The third-order valence-electron chi connectivity index (χ3n) is 3.14. The van der Waals surface area contributed by atoms with Crippen molar-refractivity contribution < 1.29 is 4.74 Å². The van der Waals surface area contributed by atoms with Gasteiger partial charge in [0.25, 0.3) is 0 Å². The van der Waals surface area contributed by atoms with E-state index in [9.17, 15) is 0 Å². The minimum absolute atomic E-state index is 0.827. The van der Waals surface area contributed by atoms with Crippen LogP contribution in [0.1, 0.15) is 32.6 Å². The Kier molecular flexibility index (Phi) is 4.08. The molecular weight excluding hydrogens is 210 g/mol. The zero-order valence-corrected chi connectivity index (χ0v) is 10.8. The molecule has 0 aliphatic carbocycles. The average molecular weight is 231 g/mol. The summed E-state index contributed by atoms with van der Waals surface area (Å²) in [6.45, 7) is 3.06. The highest BCUT2D eigenvalue weighted by Crippen LogP contribution is 2.26. The van der Waals surface area contributed by atoms with Gasteiger partial charge in [-0.25, -0.2) is 0 Å². The summed E-state index contributed by atoms with van der Waals surface area (Å²) >= 11 is 0. The molecule has 0 aliphatic heterocycles. The van der Waals surface area contributed by atoms with Gasteiger partial charge < -0.3 is 9.30 Å². The lowest BCUT2D eigenvalue weighted by molar-refractivity contribution is 0.308. The van der Waals surface area contributed by atoms with E-state index in [1.807, 2.05) is 0 Å². The third kappa shape index (κ3) is 2.82. The van der Waals surface area contributed by atoms with Crippen molar-refractivity contribution in [2.24, 2.45) is 7.05 Å². The first-order valence-electron chi connectivity index (χ1n) is 6.49. The van der Waals surface area contributed by atoms with Crippen LogP contribution in [0.2, 0.25) is 0 Å². The molecule has 0 saturated carbocycles. The van der Waals surface area contributed by atoms with E-state index in [0.29, 0.717) is 0 Å². The fourth-order valence-corrected chi connectivity index (χ4v) is 2.11. The van der Waals surface area contributed by atoms with Gasteiger partial charge in [0.15, 0.2) is 0 Å². The van der Waals surface area contributed by atoms with Crippen molar-refractivity contribution in [1.29, 1.82) is 0 Å². The van der Waals surface area contributed by atoms with Gasteiger partial charge in [-0.3, -0.25) is 0 Å². The summed E-state index contributed by atoms with van der Waals surface area (Å²) in [5.41, 5.74) is 1.23. The lowest BCUT2D eigenvalue weighted by Gasteiger charge is -2.07. The molecule has 0 saturated heterocycles. The van der Waals surface area contributed by atoms with Crippen LogP contribution in [0.3, 0.4) is 0 Å². The normalized spacial score (nSPS) is 10.9. The quantitative estimate of drug-likeness (QED) is 0.682. The predicted molar refractivity (Wildman–Crippen MR) is 72.6 cm³/mol. The van der Waals surface area contributed by atoms with Crippen LogP contribution < -0.4 is 4.74 Å². The van der Waals surface area contributed by atoms with Crippen LogP contribution in [-0.2, 0) is 7.05 Å².